The lowest BCUT2D eigenvalue weighted by Gasteiger charge is -2.10. The molecular weight excluding hydrogens is 293 g/mol. The van der Waals surface area contributed by atoms with Crippen molar-refractivity contribution in [2.24, 2.45) is 11.7 Å². The molecule has 2 aromatic rings. The Morgan fingerprint density at radius 2 is 2.10 bits per heavy atom. The fourth-order valence-corrected chi connectivity index (χ4v) is 1.82. The fourth-order valence-electron chi connectivity index (χ4n) is 1.82. The van der Waals surface area contributed by atoms with Gasteiger partial charge in [-0.2, -0.15) is 5.10 Å². The zero-order valence-electron chi connectivity index (χ0n) is 12.3. The summed E-state index contributed by atoms with van der Waals surface area (Å²) in [6, 6.07) is 4.97. The van der Waals surface area contributed by atoms with Gasteiger partial charge in [0.15, 0.2) is 11.6 Å². The summed E-state index contributed by atoms with van der Waals surface area (Å²) in [7, 11) is 0. The van der Waals surface area contributed by atoms with Crippen LogP contribution in [-0.4, -0.2) is 22.9 Å². The molecular formula is C15H21ClFN3O. The van der Waals surface area contributed by atoms with Crippen LogP contribution in [0.5, 0.6) is 5.75 Å². The van der Waals surface area contributed by atoms with E-state index in [9.17, 15) is 4.39 Å². The fraction of sp³-hybridized carbons (Fsp3) is 0.400. The molecule has 0 saturated heterocycles. The summed E-state index contributed by atoms with van der Waals surface area (Å²) in [4.78, 5) is 0. The van der Waals surface area contributed by atoms with E-state index in [1.54, 1.807) is 16.9 Å². The van der Waals surface area contributed by atoms with E-state index in [1.165, 1.54) is 6.07 Å². The number of hydrogen-bond donors (Lipinski definition) is 1. The second kappa shape index (κ2) is 8.00. The maximum absolute atomic E-state index is 14.0. The number of nitrogens with two attached hydrogens (primary N) is 1. The summed E-state index contributed by atoms with van der Waals surface area (Å²) < 4.78 is 21.1. The van der Waals surface area contributed by atoms with E-state index < -0.39 is 0 Å². The van der Waals surface area contributed by atoms with Crippen molar-refractivity contribution in [3.63, 3.8) is 0 Å². The van der Waals surface area contributed by atoms with Crippen LogP contribution in [0.3, 0.4) is 0 Å². The van der Waals surface area contributed by atoms with Gasteiger partial charge in [-0.1, -0.05) is 19.9 Å². The van der Waals surface area contributed by atoms with Crippen molar-refractivity contribution < 1.29 is 9.13 Å². The second-order valence-electron chi connectivity index (χ2n) is 5.13. The molecule has 0 amide bonds. The molecule has 1 aromatic heterocycles. The van der Waals surface area contributed by atoms with Crippen molar-refractivity contribution >= 4 is 12.4 Å². The van der Waals surface area contributed by atoms with Gasteiger partial charge < -0.3 is 10.5 Å². The Kier molecular flexibility index (Phi) is 6.65. The van der Waals surface area contributed by atoms with E-state index in [1.807, 2.05) is 26.1 Å². The molecule has 0 spiro atoms. The zero-order valence-corrected chi connectivity index (χ0v) is 13.1. The van der Waals surface area contributed by atoms with E-state index in [-0.39, 0.29) is 24.0 Å². The van der Waals surface area contributed by atoms with Crippen molar-refractivity contribution in [1.29, 1.82) is 0 Å². The maximum Gasteiger partial charge on any atom is 0.165 e. The molecule has 0 aliphatic rings. The zero-order chi connectivity index (χ0) is 14.5. The van der Waals surface area contributed by atoms with Crippen molar-refractivity contribution in [2.45, 2.75) is 20.4 Å². The molecule has 1 heterocycles. The Morgan fingerprint density at radius 1 is 1.33 bits per heavy atom. The SMILES string of the molecule is CC(C)COc1ccc(-c2cnn(CCN)c2)cc1F.Cl. The van der Waals surface area contributed by atoms with E-state index in [0.29, 0.717) is 25.6 Å². The Hall–Kier alpha value is -1.59. The quantitative estimate of drug-likeness (QED) is 0.891. The predicted molar refractivity (Wildman–Crippen MR) is 84.3 cm³/mol. The van der Waals surface area contributed by atoms with Crippen LogP contribution in [-0.2, 0) is 6.54 Å². The van der Waals surface area contributed by atoms with Gasteiger partial charge in [0, 0.05) is 18.3 Å². The molecule has 4 nitrogen and oxygen atoms in total. The van der Waals surface area contributed by atoms with E-state index in [2.05, 4.69) is 5.10 Å². The van der Waals surface area contributed by atoms with Gasteiger partial charge in [0.05, 0.1) is 19.3 Å². The van der Waals surface area contributed by atoms with Crippen LogP contribution in [0.25, 0.3) is 11.1 Å². The normalized spacial score (nSPS) is 10.5. The molecule has 21 heavy (non-hydrogen) atoms. The molecule has 1 aromatic carbocycles. The summed E-state index contributed by atoms with van der Waals surface area (Å²) in [5.74, 6) is 0.301. The molecule has 0 fully saturated rings. The first-order chi connectivity index (χ1) is 9.60. The van der Waals surface area contributed by atoms with Crippen LogP contribution < -0.4 is 10.5 Å². The Bertz CT molecular complexity index is 572. The lowest BCUT2D eigenvalue weighted by atomic mass is 10.1. The van der Waals surface area contributed by atoms with Gasteiger partial charge in [-0.05, 0) is 23.6 Å². The topological polar surface area (TPSA) is 53.1 Å². The number of nitrogens with zero attached hydrogens (tertiary/aromatic N) is 2. The largest absolute Gasteiger partial charge is 0.490 e. The minimum absolute atomic E-state index is 0. The molecule has 116 valence electrons. The van der Waals surface area contributed by atoms with Gasteiger partial charge in [0.2, 0.25) is 0 Å². The third-order valence-corrected chi connectivity index (χ3v) is 2.83. The lowest BCUT2D eigenvalue weighted by molar-refractivity contribution is 0.259. The summed E-state index contributed by atoms with van der Waals surface area (Å²) in [5.41, 5.74) is 7.12. The summed E-state index contributed by atoms with van der Waals surface area (Å²) in [5, 5.41) is 4.18. The highest BCUT2D eigenvalue weighted by Crippen LogP contribution is 2.25. The van der Waals surface area contributed by atoms with Crippen LogP contribution in [0.2, 0.25) is 0 Å². The Morgan fingerprint density at radius 3 is 2.71 bits per heavy atom. The Balaban J connectivity index is 0.00000220. The average Bonchev–Trinajstić information content (AvgIpc) is 2.86. The number of ether oxygens (including phenoxy) is 1. The standard InChI is InChI=1S/C15H20FN3O.ClH/c1-11(2)10-20-15-4-3-12(7-14(15)16)13-8-18-19(9-13)6-5-17;/h3-4,7-9,11H,5-6,10,17H2,1-2H3;1H. The summed E-state index contributed by atoms with van der Waals surface area (Å²) in [6.07, 6.45) is 3.56. The maximum atomic E-state index is 14.0. The third kappa shape index (κ3) is 4.72. The van der Waals surface area contributed by atoms with Crippen LogP contribution in [0.15, 0.2) is 30.6 Å². The molecule has 2 N–H and O–H groups in total. The highest BCUT2D eigenvalue weighted by molar-refractivity contribution is 5.85. The average molecular weight is 314 g/mol. The van der Waals surface area contributed by atoms with Crippen LogP contribution in [0.1, 0.15) is 13.8 Å². The van der Waals surface area contributed by atoms with Crippen LogP contribution in [0, 0.1) is 11.7 Å². The molecule has 0 saturated carbocycles. The number of halogens is 2. The van der Waals surface area contributed by atoms with Gasteiger partial charge in [-0.25, -0.2) is 4.39 Å². The third-order valence-electron chi connectivity index (χ3n) is 2.83. The molecule has 6 heteroatoms. The molecule has 0 radical (unpaired) electrons. The number of rotatable bonds is 6. The minimum atomic E-state index is -0.352. The van der Waals surface area contributed by atoms with Gasteiger partial charge in [0.1, 0.15) is 0 Å². The first kappa shape index (κ1) is 17.5. The molecule has 0 aliphatic heterocycles. The minimum Gasteiger partial charge on any atom is -0.490 e. The highest BCUT2D eigenvalue weighted by atomic mass is 35.5. The number of benzene rings is 1. The lowest BCUT2D eigenvalue weighted by Crippen LogP contribution is -2.09. The summed E-state index contributed by atoms with van der Waals surface area (Å²) in [6.45, 7) is 5.73. The van der Waals surface area contributed by atoms with Crippen LogP contribution >= 0.6 is 12.4 Å². The molecule has 0 bridgehead atoms. The molecule has 2 rings (SSSR count). The number of hydrogen-bond acceptors (Lipinski definition) is 3. The van der Waals surface area contributed by atoms with Crippen LogP contribution in [0.4, 0.5) is 4.39 Å². The predicted octanol–water partition coefficient (Wildman–Crippen LogP) is 3.10. The van der Waals surface area contributed by atoms with E-state index >= 15 is 0 Å². The Labute approximate surface area is 130 Å². The van der Waals surface area contributed by atoms with Gasteiger partial charge in [-0.15, -0.1) is 12.4 Å². The second-order valence-corrected chi connectivity index (χ2v) is 5.13. The smallest absolute Gasteiger partial charge is 0.165 e. The van der Waals surface area contributed by atoms with E-state index in [0.717, 1.165) is 11.1 Å². The number of aromatic nitrogens is 2. The molecule has 0 atom stereocenters. The molecule has 0 aliphatic carbocycles. The first-order valence-corrected chi connectivity index (χ1v) is 6.75. The van der Waals surface area contributed by atoms with Gasteiger partial charge >= 0.3 is 0 Å². The highest BCUT2D eigenvalue weighted by Gasteiger charge is 2.08. The first-order valence-electron chi connectivity index (χ1n) is 6.75. The molecule has 0 unspecified atom stereocenters. The van der Waals surface area contributed by atoms with Gasteiger partial charge in [0.25, 0.3) is 0 Å². The van der Waals surface area contributed by atoms with Crippen molar-refractivity contribution in [2.75, 3.05) is 13.2 Å². The van der Waals surface area contributed by atoms with Gasteiger partial charge in [-0.3, -0.25) is 4.68 Å². The van der Waals surface area contributed by atoms with Crippen molar-refractivity contribution in [3.05, 3.63) is 36.4 Å². The van der Waals surface area contributed by atoms with E-state index in [4.69, 9.17) is 10.5 Å². The van der Waals surface area contributed by atoms with Crippen molar-refractivity contribution in [1.82, 2.24) is 9.78 Å². The summed E-state index contributed by atoms with van der Waals surface area (Å²) >= 11 is 0. The van der Waals surface area contributed by atoms with Crippen molar-refractivity contribution in [3.8, 4) is 16.9 Å². The monoisotopic (exact) mass is 313 g/mol.